The molecule has 10 nitrogen and oxygen atoms in total. The van der Waals surface area contributed by atoms with Crippen LogP contribution in [0.25, 0.3) is 0 Å². The molecule has 5 rings (SSSR count). The predicted molar refractivity (Wildman–Crippen MR) is 157 cm³/mol. The van der Waals surface area contributed by atoms with Crippen LogP contribution in [0.15, 0.2) is 35.2 Å². The number of methoxy groups -OCH3 is 1. The highest BCUT2D eigenvalue weighted by atomic mass is 35.5. The van der Waals surface area contributed by atoms with E-state index in [1.165, 1.54) is 24.1 Å². The van der Waals surface area contributed by atoms with Gasteiger partial charge in [0.05, 0.1) is 27.9 Å². The van der Waals surface area contributed by atoms with Crippen molar-refractivity contribution in [3.05, 3.63) is 58.4 Å². The van der Waals surface area contributed by atoms with E-state index in [-0.39, 0.29) is 46.5 Å². The standard InChI is InChI=1S/C30H33ClF3N3O7S/c1-15-8-17-10-19(13-20(15)30(17,41)14-35-28(39)24-4-3-7-37(24)29(40)44-2)45(42,43)25-9-16(5-6-21(25)31)27(38)36-18-11-22(32)26(34)23(33)12-18/h5-6,9,11-12,15,17,19-20,24,41H,3-4,7-8,10,13-14H2,1-2H3,(H,35,39)(H,36,38)/t15-,17?,19?,20?,24?,30+/m0/s1. The first-order valence-corrected chi connectivity index (χ1v) is 16.4. The molecule has 1 aliphatic heterocycles. The number of carbonyl (C=O) groups excluding carboxylic acids is 3. The molecule has 3 fully saturated rings. The lowest BCUT2D eigenvalue weighted by atomic mass is 9.73. The second kappa shape index (κ2) is 12.4. The number of aliphatic hydroxyl groups is 1. The summed E-state index contributed by atoms with van der Waals surface area (Å²) in [6, 6.07) is 4.00. The van der Waals surface area contributed by atoms with Gasteiger partial charge >= 0.3 is 6.09 Å². The molecule has 0 radical (unpaired) electrons. The number of carbonyl (C=O) groups is 3. The van der Waals surface area contributed by atoms with Crippen LogP contribution in [0.5, 0.6) is 0 Å². The quantitative estimate of drug-likeness (QED) is 0.373. The molecule has 3 amide bonds. The third-order valence-electron chi connectivity index (χ3n) is 9.45. The summed E-state index contributed by atoms with van der Waals surface area (Å²) in [6.07, 6.45) is 1.16. The fraction of sp³-hybridized carbons (Fsp3) is 0.500. The molecule has 3 aliphatic rings. The number of hydrogen-bond acceptors (Lipinski definition) is 7. The monoisotopic (exact) mass is 671 g/mol. The first-order chi connectivity index (χ1) is 21.2. The highest BCUT2D eigenvalue weighted by Gasteiger charge is 2.58. The normalized spacial score (nSPS) is 27.7. The fourth-order valence-corrected chi connectivity index (χ4v) is 9.55. The number of anilines is 1. The number of ether oxygens (including phenoxy) is 1. The van der Waals surface area contributed by atoms with Crippen molar-refractivity contribution in [3.8, 4) is 0 Å². The summed E-state index contributed by atoms with van der Waals surface area (Å²) in [4.78, 5) is 38.9. The lowest BCUT2D eigenvalue weighted by Crippen LogP contribution is -2.57. The number of benzene rings is 2. The lowest BCUT2D eigenvalue weighted by molar-refractivity contribution is -0.128. The van der Waals surface area contributed by atoms with Crippen molar-refractivity contribution in [3.63, 3.8) is 0 Å². The Morgan fingerprint density at radius 2 is 1.80 bits per heavy atom. The Hall–Kier alpha value is -3.36. The summed E-state index contributed by atoms with van der Waals surface area (Å²) in [5.41, 5.74) is -1.91. The zero-order chi connectivity index (χ0) is 32.8. The van der Waals surface area contributed by atoms with Crippen LogP contribution < -0.4 is 10.6 Å². The summed E-state index contributed by atoms with van der Waals surface area (Å²) < 4.78 is 73.1. The van der Waals surface area contributed by atoms with Gasteiger partial charge in [-0.25, -0.2) is 26.4 Å². The minimum Gasteiger partial charge on any atom is -0.453 e. The molecule has 2 aromatic carbocycles. The van der Waals surface area contributed by atoms with E-state index in [1.54, 1.807) is 0 Å². The van der Waals surface area contributed by atoms with Crippen LogP contribution in [0, 0.1) is 35.2 Å². The van der Waals surface area contributed by atoms with Gasteiger partial charge in [-0.1, -0.05) is 18.5 Å². The van der Waals surface area contributed by atoms with Crippen molar-refractivity contribution >= 4 is 45.0 Å². The Morgan fingerprint density at radius 3 is 2.44 bits per heavy atom. The van der Waals surface area contributed by atoms with Crippen LogP contribution in [0.2, 0.25) is 5.02 Å². The van der Waals surface area contributed by atoms with Crippen LogP contribution in [-0.2, 0) is 19.4 Å². The third-order valence-corrected chi connectivity index (χ3v) is 12.1. The minimum atomic E-state index is -4.14. The Kier molecular flexibility index (Phi) is 9.13. The number of nitrogens with one attached hydrogen (secondary N) is 2. The van der Waals surface area contributed by atoms with E-state index in [4.69, 9.17) is 16.3 Å². The number of nitrogens with zero attached hydrogens (tertiary/aromatic N) is 1. The molecule has 1 saturated heterocycles. The zero-order valence-electron chi connectivity index (χ0n) is 24.5. The van der Waals surface area contributed by atoms with Gasteiger partial charge in [0.2, 0.25) is 5.91 Å². The van der Waals surface area contributed by atoms with Crippen molar-refractivity contribution in [1.82, 2.24) is 10.2 Å². The first-order valence-electron chi connectivity index (χ1n) is 14.5. The predicted octanol–water partition coefficient (Wildman–Crippen LogP) is 4.30. The molecular weight excluding hydrogens is 639 g/mol. The van der Waals surface area contributed by atoms with Crippen molar-refractivity contribution in [2.75, 3.05) is 25.5 Å². The number of halogens is 4. The number of rotatable bonds is 7. The summed E-state index contributed by atoms with van der Waals surface area (Å²) in [5, 5.41) is 15.7. The van der Waals surface area contributed by atoms with Gasteiger partial charge in [-0.15, -0.1) is 0 Å². The van der Waals surface area contributed by atoms with Crippen LogP contribution in [0.1, 0.15) is 49.4 Å². The number of sulfone groups is 1. The Morgan fingerprint density at radius 1 is 1.11 bits per heavy atom. The summed E-state index contributed by atoms with van der Waals surface area (Å²) >= 11 is 6.30. The van der Waals surface area contributed by atoms with Gasteiger partial charge in [-0.05, 0) is 68.1 Å². The maximum atomic E-state index is 13.9. The van der Waals surface area contributed by atoms with E-state index < -0.39 is 73.9 Å². The zero-order valence-corrected chi connectivity index (χ0v) is 26.1. The van der Waals surface area contributed by atoms with E-state index in [0.717, 1.165) is 6.07 Å². The van der Waals surface area contributed by atoms with Crippen molar-refractivity contribution < 1.29 is 45.8 Å². The molecule has 2 aliphatic carbocycles. The largest absolute Gasteiger partial charge is 0.453 e. The van der Waals surface area contributed by atoms with Crippen LogP contribution in [0.3, 0.4) is 0 Å². The molecule has 0 spiro atoms. The summed E-state index contributed by atoms with van der Waals surface area (Å²) in [7, 11) is -2.91. The van der Waals surface area contributed by atoms with Gasteiger partial charge < -0.3 is 20.5 Å². The first kappa shape index (κ1) is 33.0. The number of hydrogen-bond donors (Lipinski definition) is 3. The Balaban J connectivity index is 1.31. The SMILES string of the molecule is COC(=O)N1CCCC1C(=O)NC[C@@]1(O)C2CC(S(=O)(=O)c3cc(C(=O)Nc4cc(F)c(F)c(F)c4)ccc3Cl)CC1[C@@H](C)C2. The maximum Gasteiger partial charge on any atom is 0.410 e. The fourth-order valence-electron chi connectivity index (χ4n) is 7.17. The maximum absolute atomic E-state index is 13.9. The number of amides is 3. The van der Waals surface area contributed by atoms with Gasteiger partial charge in [0.15, 0.2) is 27.3 Å². The molecule has 2 saturated carbocycles. The average molecular weight is 672 g/mol. The molecule has 6 atom stereocenters. The molecule has 244 valence electrons. The Bertz CT molecular complexity index is 1620. The average Bonchev–Trinajstić information content (AvgIpc) is 3.51. The van der Waals surface area contributed by atoms with Crippen LogP contribution in [-0.4, -0.2) is 73.4 Å². The lowest BCUT2D eigenvalue weighted by Gasteiger charge is -2.43. The van der Waals surface area contributed by atoms with E-state index in [0.29, 0.717) is 37.9 Å². The molecular formula is C30H33ClF3N3O7S. The molecule has 1 heterocycles. The van der Waals surface area contributed by atoms with Crippen molar-refractivity contribution in [2.24, 2.45) is 17.8 Å². The van der Waals surface area contributed by atoms with Crippen molar-refractivity contribution in [1.29, 1.82) is 0 Å². The number of likely N-dealkylation sites (tertiary alicyclic amines) is 1. The van der Waals surface area contributed by atoms with E-state index >= 15 is 0 Å². The molecule has 3 N–H and O–H groups in total. The highest BCUT2D eigenvalue weighted by molar-refractivity contribution is 7.92. The minimum absolute atomic E-state index is 0.0563. The molecule has 4 unspecified atom stereocenters. The van der Waals surface area contributed by atoms with E-state index in [2.05, 4.69) is 10.6 Å². The molecule has 2 bridgehead atoms. The topological polar surface area (TPSA) is 142 Å². The summed E-state index contributed by atoms with van der Waals surface area (Å²) in [5.74, 6) is -7.04. The Labute approximate surface area is 263 Å². The molecule has 2 aromatic rings. The molecule has 0 aromatic heterocycles. The van der Waals surface area contributed by atoms with Gasteiger partial charge in [0, 0.05) is 36.5 Å². The van der Waals surface area contributed by atoms with Gasteiger partial charge in [-0.2, -0.15) is 0 Å². The van der Waals surface area contributed by atoms with Crippen LogP contribution in [0.4, 0.5) is 23.7 Å². The van der Waals surface area contributed by atoms with Gasteiger partial charge in [0.25, 0.3) is 5.91 Å². The van der Waals surface area contributed by atoms with Crippen LogP contribution >= 0.6 is 11.6 Å². The second-order valence-electron chi connectivity index (χ2n) is 12.0. The second-order valence-corrected chi connectivity index (χ2v) is 14.6. The third kappa shape index (κ3) is 6.11. The van der Waals surface area contributed by atoms with E-state index in [1.807, 2.05) is 6.92 Å². The smallest absolute Gasteiger partial charge is 0.410 e. The number of fused-ring (bicyclic) bond motifs is 2. The summed E-state index contributed by atoms with van der Waals surface area (Å²) in [6.45, 7) is 2.19. The van der Waals surface area contributed by atoms with E-state index in [9.17, 15) is 41.1 Å². The highest BCUT2D eigenvalue weighted by Crippen LogP contribution is 2.54. The molecule has 45 heavy (non-hydrogen) atoms. The van der Waals surface area contributed by atoms with Crippen molar-refractivity contribution in [2.45, 2.75) is 60.8 Å². The van der Waals surface area contributed by atoms with Gasteiger partial charge in [-0.3, -0.25) is 14.5 Å². The van der Waals surface area contributed by atoms with Gasteiger partial charge in [0.1, 0.15) is 6.04 Å². The molecule has 15 heteroatoms.